The van der Waals surface area contributed by atoms with Crippen LogP contribution in [0, 0.1) is 0 Å². The first-order valence-corrected chi connectivity index (χ1v) is 8.26. The van der Waals surface area contributed by atoms with E-state index in [1.54, 1.807) is 18.2 Å². The number of amides is 1. The highest BCUT2D eigenvalue weighted by Gasteiger charge is 2.12. The molecule has 0 spiro atoms. The largest absolute Gasteiger partial charge is 0.486 e. The van der Waals surface area contributed by atoms with Gasteiger partial charge in [-0.2, -0.15) is 0 Å². The van der Waals surface area contributed by atoms with E-state index in [1.165, 1.54) is 0 Å². The van der Waals surface area contributed by atoms with Gasteiger partial charge in [0, 0.05) is 24.7 Å². The van der Waals surface area contributed by atoms with Crippen molar-refractivity contribution in [3.8, 4) is 11.5 Å². The van der Waals surface area contributed by atoms with E-state index in [0.29, 0.717) is 41.2 Å². The molecule has 7 heteroatoms. The Morgan fingerprint density at radius 1 is 1.04 bits per heavy atom. The molecule has 1 aliphatic heterocycles. The SMILES string of the molecule is O=C(CCNc1ccc2c(c1)OCCO2)Nc1c(Cl)cccc1Cl. The van der Waals surface area contributed by atoms with Crippen molar-refractivity contribution in [3.63, 3.8) is 0 Å². The molecule has 2 aromatic rings. The van der Waals surface area contributed by atoms with Gasteiger partial charge in [-0.15, -0.1) is 0 Å². The molecule has 0 radical (unpaired) electrons. The summed E-state index contributed by atoms with van der Waals surface area (Å²) in [5.74, 6) is 1.27. The van der Waals surface area contributed by atoms with Crippen LogP contribution in [0.1, 0.15) is 6.42 Å². The van der Waals surface area contributed by atoms with Crippen molar-refractivity contribution in [2.75, 3.05) is 30.4 Å². The Labute approximate surface area is 149 Å². The number of hydrogen-bond acceptors (Lipinski definition) is 4. The van der Waals surface area contributed by atoms with Gasteiger partial charge in [-0.1, -0.05) is 29.3 Å². The van der Waals surface area contributed by atoms with E-state index in [-0.39, 0.29) is 12.3 Å². The lowest BCUT2D eigenvalue weighted by atomic mass is 10.2. The number of halogens is 2. The summed E-state index contributed by atoms with van der Waals surface area (Å²) >= 11 is 12.1. The summed E-state index contributed by atoms with van der Waals surface area (Å²) < 4.78 is 11.0. The Morgan fingerprint density at radius 3 is 2.50 bits per heavy atom. The van der Waals surface area contributed by atoms with Crippen LogP contribution in [0.4, 0.5) is 11.4 Å². The summed E-state index contributed by atoms with van der Waals surface area (Å²) in [5.41, 5.74) is 1.30. The summed E-state index contributed by atoms with van der Waals surface area (Å²) in [6.07, 6.45) is 0.274. The van der Waals surface area contributed by atoms with Gasteiger partial charge in [-0.3, -0.25) is 4.79 Å². The fourth-order valence-electron chi connectivity index (χ4n) is 2.29. The summed E-state index contributed by atoms with van der Waals surface area (Å²) in [5, 5.41) is 6.73. The maximum Gasteiger partial charge on any atom is 0.226 e. The van der Waals surface area contributed by atoms with E-state index in [1.807, 2.05) is 18.2 Å². The zero-order valence-corrected chi connectivity index (χ0v) is 14.3. The Morgan fingerprint density at radius 2 is 1.75 bits per heavy atom. The molecular formula is C17H16Cl2N2O3. The highest BCUT2D eigenvalue weighted by Crippen LogP contribution is 2.32. The predicted octanol–water partition coefficient (Wildman–Crippen LogP) is 4.21. The Bertz CT molecular complexity index is 732. The minimum Gasteiger partial charge on any atom is -0.486 e. The molecule has 0 fully saturated rings. The van der Waals surface area contributed by atoms with E-state index in [4.69, 9.17) is 32.7 Å². The van der Waals surface area contributed by atoms with Crippen LogP contribution in [0.5, 0.6) is 11.5 Å². The third kappa shape index (κ3) is 4.04. The molecule has 0 saturated heterocycles. The van der Waals surface area contributed by atoms with Crippen molar-refractivity contribution in [3.05, 3.63) is 46.4 Å². The molecule has 0 atom stereocenters. The molecule has 126 valence electrons. The molecule has 2 aromatic carbocycles. The van der Waals surface area contributed by atoms with Gasteiger partial charge in [0.15, 0.2) is 11.5 Å². The van der Waals surface area contributed by atoms with Gasteiger partial charge in [0.25, 0.3) is 0 Å². The molecule has 3 rings (SSSR count). The van der Waals surface area contributed by atoms with E-state index in [9.17, 15) is 4.79 Å². The molecule has 0 aromatic heterocycles. The van der Waals surface area contributed by atoms with Crippen LogP contribution in [-0.4, -0.2) is 25.7 Å². The maximum absolute atomic E-state index is 12.0. The minimum atomic E-state index is -0.171. The Hall–Kier alpha value is -2.11. The second-order valence-corrected chi connectivity index (χ2v) is 5.99. The standard InChI is InChI=1S/C17H16Cl2N2O3/c18-12-2-1-3-13(19)17(12)21-16(22)6-7-20-11-4-5-14-15(10-11)24-9-8-23-14/h1-5,10,20H,6-9H2,(H,21,22). The molecule has 1 aliphatic rings. The first-order valence-electron chi connectivity index (χ1n) is 7.51. The highest BCUT2D eigenvalue weighted by atomic mass is 35.5. The predicted molar refractivity (Wildman–Crippen MR) is 95.6 cm³/mol. The van der Waals surface area contributed by atoms with Crippen LogP contribution in [0.2, 0.25) is 10.0 Å². The van der Waals surface area contributed by atoms with Gasteiger partial charge in [-0.25, -0.2) is 0 Å². The van der Waals surface area contributed by atoms with Gasteiger partial charge in [0.05, 0.1) is 15.7 Å². The van der Waals surface area contributed by atoms with Gasteiger partial charge in [0.1, 0.15) is 13.2 Å². The molecule has 2 N–H and O–H groups in total. The number of nitrogens with one attached hydrogen (secondary N) is 2. The summed E-state index contributed by atoms with van der Waals surface area (Å²) in [4.78, 5) is 12.0. The first-order chi connectivity index (χ1) is 11.6. The summed E-state index contributed by atoms with van der Waals surface area (Å²) in [6.45, 7) is 1.57. The molecule has 1 heterocycles. The van der Waals surface area contributed by atoms with Crippen molar-refractivity contribution in [1.82, 2.24) is 0 Å². The quantitative estimate of drug-likeness (QED) is 0.832. The van der Waals surface area contributed by atoms with Crippen LogP contribution < -0.4 is 20.1 Å². The van der Waals surface area contributed by atoms with Crippen LogP contribution in [0.25, 0.3) is 0 Å². The number of ether oxygens (including phenoxy) is 2. The molecule has 0 saturated carbocycles. The van der Waals surface area contributed by atoms with Crippen molar-refractivity contribution in [2.24, 2.45) is 0 Å². The van der Waals surface area contributed by atoms with Gasteiger partial charge in [-0.05, 0) is 24.3 Å². The lowest BCUT2D eigenvalue weighted by Crippen LogP contribution is -2.17. The summed E-state index contributed by atoms with van der Waals surface area (Å²) in [7, 11) is 0. The fourth-order valence-corrected chi connectivity index (χ4v) is 2.78. The average Bonchev–Trinajstić information content (AvgIpc) is 2.58. The third-order valence-electron chi connectivity index (χ3n) is 3.45. The first kappa shape index (κ1) is 16.7. The zero-order chi connectivity index (χ0) is 16.9. The highest BCUT2D eigenvalue weighted by molar-refractivity contribution is 6.39. The number of benzene rings is 2. The van der Waals surface area contributed by atoms with Crippen molar-refractivity contribution in [2.45, 2.75) is 6.42 Å². The van der Waals surface area contributed by atoms with Gasteiger partial charge >= 0.3 is 0 Å². The van der Waals surface area contributed by atoms with Crippen molar-refractivity contribution >= 4 is 40.5 Å². The number of hydrogen-bond donors (Lipinski definition) is 2. The fraction of sp³-hybridized carbons (Fsp3) is 0.235. The molecular weight excluding hydrogens is 351 g/mol. The number of fused-ring (bicyclic) bond motifs is 1. The summed E-state index contributed by atoms with van der Waals surface area (Å²) in [6, 6.07) is 10.7. The van der Waals surface area contributed by atoms with E-state index >= 15 is 0 Å². The van der Waals surface area contributed by atoms with Crippen LogP contribution in [-0.2, 0) is 4.79 Å². The molecule has 1 amide bonds. The number of carbonyl (C=O) groups is 1. The molecule has 0 unspecified atom stereocenters. The van der Waals surface area contributed by atoms with Crippen LogP contribution in [0.3, 0.4) is 0 Å². The Kier molecular flexibility index (Phi) is 5.33. The molecule has 24 heavy (non-hydrogen) atoms. The number of anilines is 2. The topological polar surface area (TPSA) is 59.6 Å². The van der Waals surface area contributed by atoms with Gasteiger partial charge in [0.2, 0.25) is 5.91 Å². The molecule has 5 nitrogen and oxygen atoms in total. The van der Waals surface area contributed by atoms with Crippen LogP contribution in [0.15, 0.2) is 36.4 Å². The Balaban J connectivity index is 1.52. The van der Waals surface area contributed by atoms with E-state index < -0.39 is 0 Å². The van der Waals surface area contributed by atoms with Crippen molar-refractivity contribution in [1.29, 1.82) is 0 Å². The zero-order valence-electron chi connectivity index (χ0n) is 12.8. The van der Waals surface area contributed by atoms with E-state index in [2.05, 4.69) is 10.6 Å². The van der Waals surface area contributed by atoms with Crippen LogP contribution >= 0.6 is 23.2 Å². The van der Waals surface area contributed by atoms with E-state index in [0.717, 1.165) is 11.4 Å². The normalized spacial score (nSPS) is 12.6. The monoisotopic (exact) mass is 366 g/mol. The third-order valence-corrected chi connectivity index (χ3v) is 4.08. The van der Waals surface area contributed by atoms with Gasteiger partial charge < -0.3 is 20.1 Å². The molecule has 0 aliphatic carbocycles. The number of rotatable bonds is 5. The smallest absolute Gasteiger partial charge is 0.226 e. The minimum absolute atomic E-state index is 0.171. The number of para-hydroxylation sites is 1. The number of carbonyl (C=O) groups excluding carboxylic acids is 1. The molecule has 0 bridgehead atoms. The maximum atomic E-state index is 12.0. The second-order valence-electron chi connectivity index (χ2n) is 5.18. The lowest BCUT2D eigenvalue weighted by Gasteiger charge is -2.19. The van der Waals surface area contributed by atoms with Crippen molar-refractivity contribution < 1.29 is 14.3 Å². The lowest BCUT2D eigenvalue weighted by molar-refractivity contribution is -0.115. The second kappa shape index (κ2) is 7.64. The average molecular weight is 367 g/mol.